The van der Waals surface area contributed by atoms with Crippen LogP contribution in [0, 0.1) is 0 Å². The van der Waals surface area contributed by atoms with Crippen LogP contribution in [-0.4, -0.2) is 27.5 Å². The van der Waals surface area contributed by atoms with Crippen molar-refractivity contribution in [1.29, 1.82) is 0 Å². The summed E-state index contributed by atoms with van der Waals surface area (Å²) >= 11 is 4.35. The zero-order valence-electron chi connectivity index (χ0n) is 15.8. The van der Waals surface area contributed by atoms with E-state index in [1.165, 1.54) is 10.8 Å². The number of fused-ring (bicyclic) bond motifs is 1. The summed E-state index contributed by atoms with van der Waals surface area (Å²) in [5, 5.41) is 4.14. The van der Waals surface area contributed by atoms with Gasteiger partial charge in [0.05, 0.1) is 22.8 Å². The molecule has 0 spiro atoms. The van der Waals surface area contributed by atoms with Crippen molar-refractivity contribution in [3.05, 3.63) is 69.2 Å². The number of unbranched alkanes of at least 4 members (excludes halogenated alkanes) is 1. The molecule has 0 fully saturated rings. The summed E-state index contributed by atoms with van der Waals surface area (Å²) in [6, 6.07) is 14.4. The molecule has 1 amide bonds. The van der Waals surface area contributed by atoms with Crippen molar-refractivity contribution in [1.82, 2.24) is 19.7 Å². The number of halogens is 1. The Bertz CT molecular complexity index is 1080. The molecule has 3 rings (SSSR count). The van der Waals surface area contributed by atoms with Gasteiger partial charge in [-0.1, -0.05) is 41.4 Å². The maximum Gasteiger partial charge on any atom is 0.314 e. The molecule has 150 valence electrons. The predicted octanol–water partition coefficient (Wildman–Crippen LogP) is 4.23. The Morgan fingerprint density at radius 3 is 2.76 bits per heavy atom. The molecule has 9 heteroatoms. The van der Waals surface area contributed by atoms with Gasteiger partial charge in [-0.3, -0.25) is 18.9 Å². The van der Waals surface area contributed by atoms with Crippen molar-refractivity contribution in [3.63, 3.8) is 0 Å². The van der Waals surface area contributed by atoms with Crippen molar-refractivity contribution in [2.24, 2.45) is 5.10 Å². The molecule has 1 aromatic heterocycles. The van der Waals surface area contributed by atoms with E-state index in [0.717, 1.165) is 35.8 Å². The number of hydrazone groups is 1. The molecule has 0 aliphatic carbocycles. The van der Waals surface area contributed by atoms with Crippen LogP contribution in [0.3, 0.4) is 0 Å². The number of rotatable bonds is 7. The van der Waals surface area contributed by atoms with Crippen molar-refractivity contribution in [2.75, 3.05) is 6.54 Å². The second-order valence-corrected chi connectivity index (χ2v) is 7.89. The van der Waals surface area contributed by atoms with Crippen LogP contribution >= 0.6 is 27.9 Å². The zero-order valence-corrected chi connectivity index (χ0v) is 18.2. The highest BCUT2D eigenvalue weighted by atomic mass is 79.9. The fourth-order valence-electron chi connectivity index (χ4n) is 2.61. The Labute approximate surface area is 180 Å². The van der Waals surface area contributed by atoms with Crippen LogP contribution in [-0.2, 0) is 0 Å². The highest BCUT2D eigenvalue weighted by molar-refractivity contribution is 9.10. The fraction of sp³-hybridized carbons (Fsp3) is 0.200. The van der Waals surface area contributed by atoms with Gasteiger partial charge in [0.25, 0.3) is 5.56 Å². The van der Waals surface area contributed by atoms with E-state index in [0.29, 0.717) is 22.4 Å². The maximum absolute atomic E-state index is 13.1. The van der Waals surface area contributed by atoms with Crippen molar-refractivity contribution < 1.29 is 4.79 Å². The molecule has 0 unspecified atom stereocenters. The highest BCUT2D eigenvalue weighted by Gasteiger charge is 2.11. The maximum atomic E-state index is 13.1. The molecule has 1 heterocycles. The number of benzene rings is 2. The minimum Gasteiger partial charge on any atom is -0.268 e. The van der Waals surface area contributed by atoms with Gasteiger partial charge in [-0.15, -0.1) is 0 Å². The molecule has 0 radical (unpaired) electrons. The highest BCUT2D eigenvalue weighted by Crippen LogP contribution is 2.15. The van der Waals surface area contributed by atoms with Gasteiger partial charge >= 0.3 is 5.24 Å². The zero-order chi connectivity index (χ0) is 20.6. The summed E-state index contributed by atoms with van der Waals surface area (Å²) in [7, 11) is 0. The number of para-hydroxylation sites is 1. The van der Waals surface area contributed by atoms with E-state index in [9.17, 15) is 9.59 Å². The van der Waals surface area contributed by atoms with Crippen molar-refractivity contribution in [3.8, 4) is 5.69 Å². The summed E-state index contributed by atoms with van der Waals surface area (Å²) < 4.78 is 5.34. The minimum atomic E-state index is -0.337. The fourth-order valence-corrected chi connectivity index (χ4v) is 3.35. The van der Waals surface area contributed by atoms with E-state index in [4.69, 9.17) is 0 Å². The van der Waals surface area contributed by atoms with Crippen LogP contribution in [0.4, 0.5) is 4.79 Å². The molecule has 0 atom stereocenters. The van der Waals surface area contributed by atoms with Crippen LogP contribution < -0.4 is 15.7 Å². The number of nitrogens with one attached hydrogen (secondary N) is 2. The van der Waals surface area contributed by atoms with E-state index in [2.05, 4.69) is 43.1 Å². The van der Waals surface area contributed by atoms with Gasteiger partial charge in [0.2, 0.25) is 0 Å². The lowest BCUT2D eigenvalue weighted by Crippen LogP contribution is -2.24. The van der Waals surface area contributed by atoms with Crippen LogP contribution in [0.5, 0.6) is 0 Å². The average Bonchev–Trinajstić information content (AvgIpc) is 2.72. The third-order valence-corrected chi connectivity index (χ3v) is 5.17. The van der Waals surface area contributed by atoms with Gasteiger partial charge in [-0.2, -0.15) is 5.10 Å². The first-order valence-corrected chi connectivity index (χ1v) is 10.7. The van der Waals surface area contributed by atoms with E-state index in [1.807, 2.05) is 30.3 Å². The largest absolute Gasteiger partial charge is 0.314 e. The molecule has 0 aliphatic heterocycles. The van der Waals surface area contributed by atoms with Crippen LogP contribution in [0.1, 0.15) is 25.6 Å². The quantitative estimate of drug-likeness (QED) is 0.232. The van der Waals surface area contributed by atoms with Crippen molar-refractivity contribution in [2.45, 2.75) is 19.8 Å². The van der Waals surface area contributed by atoms with E-state index in [1.54, 1.807) is 18.2 Å². The lowest BCUT2D eigenvalue weighted by Gasteiger charge is -2.11. The molecule has 2 aromatic carbocycles. The lowest BCUT2D eigenvalue weighted by atomic mass is 10.2. The summed E-state index contributed by atoms with van der Waals surface area (Å²) in [6.45, 7) is 2.83. The Morgan fingerprint density at radius 2 is 2.00 bits per heavy atom. The third kappa shape index (κ3) is 5.53. The van der Waals surface area contributed by atoms with Gasteiger partial charge in [0, 0.05) is 23.0 Å². The Hall–Kier alpha value is -2.49. The first-order chi connectivity index (χ1) is 14.1. The minimum absolute atomic E-state index is 0.207. The lowest BCUT2D eigenvalue weighted by molar-refractivity contribution is 0.261. The molecule has 0 saturated heterocycles. The van der Waals surface area contributed by atoms with E-state index in [-0.39, 0.29) is 10.8 Å². The second kappa shape index (κ2) is 10.3. The topological polar surface area (TPSA) is 88.4 Å². The van der Waals surface area contributed by atoms with Crippen LogP contribution in [0.15, 0.2) is 62.9 Å². The Balaban J connectivity index is 1.90. The predicted molar refractivity (Wildman–Crippen MR) is 122 cm³/mol. The second-order valence-electron chi connectivity index (χ2n) is 6.11. The summed E-state index contributed by atoms with van der Waals surface area (Å²) in [5.74, 6) is 0.320. The van der Waals surface area contributed by atoms with Crippen LogP contribution in [0.25, 0.3) is 16.6 Å². The number of aromatic nitrogens is 2. The van der Waals surface area contributed by atoms with E-state index < -0.39 is 0 Å². The number of amides is 1. The molecule has 29 heavy (non-hydrogen) atoms. The molecular weight excluding hydrogens is 454 g/mol. The van der Waals surface area contributed by atoms with Crippen molar-refractivity contribution >= 4 is 50.2 Å². The number of nitrogens with zero attached hydrogens (tertiary/aromatic N) is 3. The first-order valence-electron chi connectivity index (χ1n) is 9.10. The standard InChI is InChI=1S/C20H20BrN5O2S/c1-2-3-12-23-29-20(28)25-22-13-18-24-17-7-5-4-6-16(17)19(27)26(18)15-10-8-14(21)9-11-15/h4-11,13,23H,2-3,12H2,1H3,(H,25,28)/b22-13+. The molecule has 0 saturated carbocycles. The monoisotopic (exact) mass is 473 g/mol. The van der Waals surface area contributed by atoms with Gasteiger partial charge in [-0.05, 0) is 42.8 Å². The molecule has 0 aliphatic rings. The smallest absolute Gasteiger partial charge is 0.268 e. The average molecular weight is 474 g/mol. The third-order valence-electron chi connectivity index (χ3n) is 4.02. The Morgan fingerprint density at radius 1 is 1.24 bits per heavy atom. The summed E-state index contributed by atoms with van der Waals surface area (Å²) in [5.41, 5.74) is 3.44. The molecule has 3 aromatic rings. The number of carbonyl (C=O) groups excluding carboxylic acids is 1. The van der Waals surface area contributed by atoms with E-state index >= 15 is 0 Å². The number of hydrogen-bond acceptors (Lipinski definition) is 6. The molecule has 7 nitrogen and oxygen atoms in total. The Kier molecular flexibility index (Phi) is 7.56. The van der Waals surface area contributed by atoms with Gasteiger partial charge in [0.1, 0.15) is 0 Å². The molecule has 0 bridgehead atoms. The summed E-state index contributed by atoms with van der Waals surface area (Å²) in [6.07, 6.45) is 3.42. The van der Waals surface area contributed by atoms with Crippen LogP contribution in [0.2, 0.25) is 0 Å². The van der Waals surface area contributed by atoms with Gasteiger partial charge < -0.3 is 0 Å². The number of hydrogen-bond donors (Lipinski definition) is 2. The SMILES string of the molecule is CCCCNSC(=O)N/N=C/c1nc2ccccc2c(=O)n1-c1ccc(Br)cc1. The first kappa shape index (κ1) is 21.2. The summed E-state index contributed by atoms with van der Waals surface area (Å²) in [4.78, 5) is 29.5. The van der Waals surface area contributed by atoms with Gasteiger partial charge in [0.15, 0.2) is 5.82 Å². The van der Waals surface area contributed by atoms with Gasteiger partial charge in [-0.25, -0.2) is 10.4 Å². The normalized spacial score (nSPS) is 11.2. The molecule has 2 N–H and O–H groups in total. The molecular formula is C20H20BrN5O2S. The number of carbonyl (C=O) groups is 1.